The van der Waals surface area contributed by atoms with Gasteiger partial charge in [-0.05, 0) is 18.2 Å². The summed E-state index contributed by atoms with van der Waals surface area (Å²) >= 11 is 6.08. The van der Waals surface area contributed by atoms with E-state index in [-0.39, 0.29) is 12.0 Å². The van der Waals surface area contributed by atoms with Gasteiger partial charge in [-0.25, -0.2) is 19.9 Å². The largest absolute Gasteiger partial charge is 0.493 e. The zero-order valence-electron chi connectivity index (χ0n) is 17.8. The van der Waals surface area contributed by atoms with Crippen LogP contribution in [0.25, 0.3) is 21.9 Å². The molecule has 32 heavy (non-hydrogen) atoms. The summed E-state index contributed by atoms with van der Waals surface area (Å²) in [6.07, 6.45) is 2.48. The summed E-state index contributed by atoms with van der Waals surface area (Å²) in [6, 6.07) is 11.5. The SMILES string of the molecule is COc1cc2nc(CCl)nc(N3CC[C@@H](Oc4cnc5ccccc5n4)C3)c2cc1OC. The van der Waals surface area contributed by atoms with Crippen molar-refractivity contribution < 1.29 is 14.2 Å². The number of ether oxygens (including phenoxy) is 3. The van der Waals surface area contributed by atoms with E-state index >= 15 is 0 Å². The molecule has 1 atom stereocenters. The first kappa shape index (κ1) is 20.5. The molecule has 9 heteroatoms. The van der Waals surface area contributed by atoms with Crippen LogP contribution in [0.15, 0.2) is 42.6 Å². The van der Waals surface area contributed by atoms with Gasteiger partial charge < -0.3 is 19.1 Å². The zero-order valence-corrected chi connectivity index (χ0v) is 18.5. The number of fused-ring (bicyclic) bond motifs is 2. The number of hydrogen-bond donors (Lipinski definition) is 0. The van der Waals surface area contributed by atoms with Gasteiger partial charge in [0.05, 0.1) is 49.4 Å². The second-order valence-corrected chi connectivity index (χ2v) is 7.76. The Hall–Kier alpha value is -3.39. The molecule has 5 rings (SSSR count). The van der Waals surface area contributed by atoms with Crippen LogP contribution in [0.2, 0.25) is 0 Å². The number of methoxy groups -OCH3 is 2. The number of rotatable bonds is 6. The van der Waals surface area contributed by atoms with E-state index < -0.39 is 0 Å². The predicted molar refractivity (Wildman–Crippen MR) is 123 cm³/mol. The van der Waals surface area contributed by atoms with Crippen LogP contribution in [-0.4, -0.2) is 53.3 Å². The highest BCUT2D eigenvalue weighted by Gasteiger charge is 2.28. The average Bonchev–Trinajstić information content (AvgIpc) is 3.30. The number of halogens is 1. The molecule has 0 unspecified atom stereocenters. The number of hydrogen-bond acceptors (Lipinski definition) is 8. The number of benzene rings is 2. The summed E-state index contributed by atoms with van der Waals surface area (Å²) in [7, 11) is 3.22. The molecule has 0 amide bonds. The van der Waals surface area contributed by atoms with Gasteiger partial charge in [0.2, 0.25) is 5.88 Å². The minimum absolute atomic E-state index is 0.0323. The number of aromatic nitrogens is 4. The molecule has 0 N–H and O–H groups in total. The Bertz CT molecular complexity index is 1290. The fourth-order valence-electron chi connectivity index (χ4n) is 3.97. The molecule has 2 aromatic heterocycles. The maximum atomic E-state index is 6.16. The molecule has 164 valence electrons. The Labute approximate surface area is 190 Å². The van der Waals surface area contributed by atoms with Crippen molar-refractivity contribution in [3.05, 3.63) is 48.4 Å². The van der Waals surface area contributed by atoms with Gasteiger partial charge >= 0.3 is 0 Å². The highest BCUT2D eigenvalue weighted by Crippen LogP contribution is 2.36. The molecule has 0 aliphatic carbocycles. The first-order valence-corrected chi connectivity index (χ1v) is 10.8. The van der Waals surface area contributed by atoms with Gasteiger partial charge in [0.1, 0.15) is 17.7 Å². The van der Waals surface area contributed by atoms with Gasteiger partial charge in [-0.1, -0.05) is 12.1 Å². The third-order valence-electron chi connectivity index (χ3n) is 5.51. The molecule has 1 aliphatic rings. The Balaban J connectivity index is 1.43. The van der Waals surface area contributed by atoms with E-state index in [2.05, 4.69) is 19.9 Å². The van der Waals surface area contributed by atoms with Crippen LogP contribution >= 0.6 is 11.6 Å². The smallest absolute Gasteiger partial charge is 0.233 e. The van der Waals surface area contributed by atoms with Gasteiger partial charge in [-0.2, -0.15) is 0 Å². The first-order valence-electron chi connectivity index (χ1n) is 10.3. The maximum absolute atomic E-state index is 6.16. The standard InChI is InChI=1S/C23H22ClN5O3/c1-30-19-9-15-18(10-20(19)31-2)26-21(11-24)28-23(15)29-8-7-14(13-29)32-22-12-25-16-5-3-4-6-17(16)27-22/h3-6,9-10,12,14H,7-8,11,13H2,1-2H3/t14-/m1/s1. The summed E-state index contributed by atoms with van der Waals surface area (Å²) in [4.78, 5) is 20.5. The first-order chi connectivity index (χ1) is 15.7. The van der Waals surface area contributed by atoms with Crippen molar-refractivity contribution in [3.8, 4) is 17.4 Å². The topological polar surface area (TPSA) is 82.5 Å². The summed E-state index contributed by atoms with van der Waals surface area (Å²) in [5.41, 5.74) is 2.42. The van der Waals surface area contributed by atoms with E-state index in [9.17, 15) is 0 Å². The average molecular weight is 452 g/mol. The van der Waals surface area contributed by atoms with Crippen LogP contribution in [-0.2, 0) is 5.88 Å². The van der Waals surface area contributed by atoms with Crippen LogP contribution in [0.3, 0.4) is 0 Å². The van der Waals surface area contributed by atoms with Gasteiger partial charge in [-0.3, -0.25) is 0 Å². The lowest BCUT2D eigenvalue weighted by molar-refractivity contribution is 0.216. The lowest BCUT2D eigenvalue weighted by Gasteiger charge is -2.21. The van der Waals surface area contributed by atoms with Crippen LogP contribution in [0.4, 0.5) is 5.82 Å². The van der Waals surface area contributed by atoms with Crippen molar-refractivity contribution in [2.45, 2.75) is 18.4 Å². The Morgan fingerprint density at radius 3 is 2.56 bits per heavy atom. The number of alkyl halides is 1. The molecule has 4 aromatic rings. The lowest BCUT2D eigenvalue weighted by Crippen LogP contribution is -2.26. The van der Waals surface area contributed by atoms with Crippen molar-refractivity contribution >= 4 is 39.4 Å². The van der Waals surface area contributed by atoms with Crippen molar-refractivity contribution in [3.63, 3.8) is 0 Å². The second-order valence-electron chi connectivity index (χ2n) is 7.49. The molecule has 0 radical (unpaired) electrons. The lowest BCUT2D eigenvalue weighted by atomic mass is 10.2. The van der Waals surface area contributed by atoms with Gasteiger partial charge in [0.15, 0.2) is 11.5 Å². The monoisotopic (exact) mass is 451 g/mol. The van der Waals surface area contributed by atoms with Crippen molar-refractivity contribution in [1.82, 2.24) is 19.9 Å². The second kappa shape index (κ2) is 8.63. The molecular weight excluding hydrogens is 430 g/mol. The molecule has 8 nitrogen and oxygen atoms in total. The summed E-state index contributed by atoms with van der Waals surface area (Å²) in [5, 5.41) is 0.877. The van der Waals surface area contributed by atoms with Crippen molar-refractivity contribution in [2.24, 2.45) is 0 Å². The molecule has 0 saturated carbocycles. The van der Waals surface area contributed by atoms with Crippen LogP contribution in [0.1, 0.15) is 12.2 Å². The molecule has 1 fully saturated rings. The van der Waals surface area contributed by atoms with E-state index in [1.54, 1.807) is 20.4 Å². The molecular formula is C23H22ClN5O3. The van der Waals surface area contributed by atoms with E-state index in [4.69, 9.17) is 30.8 Å². The minimum atomic E-state index is -0.0323. The van der Waals surface area contributed by atoms with Crippen molar-refractivity contribution in [2.75, 3.05) is 32.2 Å². The van der Waals surface area contributed by atoms with E-state index in [0.29, 0.717) is 29.7 Å². The third-order valence-corrected chi connectivity index (χ3v) is 5.74. The predicted octanol–water partition coefficient (Wildman–Crippen LogP) is 3.99. The highest BCUT2D eigenvalue weighted by atomic mass is 35.5. The summed E-state index contributed by atoms with van der Waals surface area (Å²) in [5.74, 6) is 3.35. The fraction of sp³-hybridized carbons (Fsp3) is 0.304. The molecule has 2 aromatic carbocycles. The number of para-hydroxylation sites is 2. The maximum Gasteiger partial charge on any atom is 0.233 e. The number of nitrogens with zero attached hydrogens (tertiary/aromatic N) is 5. The molecule has 0 bridgehead atoms. The normalized spacial score (nSPS) is 16.0. The summed E-state index contributed by atoms with van der Waals surface area (Å²) < 4.78 is 17.1. The van der Waals surface area contributed by atoms with E-state index in [0.717, 1.165) is 40.7 Å². The quantitative estimate of drug-likeness (QED) is 0.407. The molecule has 1 saturated heterocycles. The Kier molecular flexibility index (Phi) is 5.53. The minimum Gasteiger partial charge on any atom is -0.493 e. The molecule has 1 aliphatic heterocycles. The number of anilines is 1. The third kappa shape index (κ3) is 3.82. The van der Waals surface area contributed by atoms with Gasteiger partial charge in [-0.15, -0.1) is 11.6 Å². The van der Waals surface area contributed by atoms with E-state index in [1.165, 1.54) is 0 Å². The summed E-state index contributed by atoms with van der Waals surface area (Å²) in [6.45, 7) is 1.45. The molecule has 3 heterocycles. The molecule has 0 spiro atoms. The van der Waals surface area contributed by atoms with Crippen LogP contribution < -0.4 is 19.1 Å². The van der Waals surface area contributed by atoms with Crippen molar-refractivity contribution in [1.29, 1.82) is 0 Å². The fourth-order valence-corrected chi connectivity index (χ4v) is 4.09. The highest BCUT2D eigenvalue weighted by molar-refractivity contribution is 6.16. The van der Waals surface area contributed by atoms with Crippen LogP contribution in [0.5, 0.6) is 17.4 Å². The Morgan fingerprint density at radius 2 is 1.78 bits per heavy atom. The Morgan fingerprint density at radius 1 is 1.00 bits per heavy atom. The van der Waals surface area contributed by atoms with E-state index in [1.807, 2.05) is 36.4 Å². The zero-order chi connectivity index (χ0) is 22.1. The van der Waals surface area contributed by atoms with Gasteiger partial charge in [0.25, 0.3) is 0 Å². The van der Waals surface area contributed by atoms with Gasteiger partial charge in [0, 0.05) is 24.4 Å². The van der Waals surface area contributed by atoms with Crippen LogP contribution in [0, 0.1) is 0 Å².